The van der Waals surface area contributed by atoms with Gasteiger partial charge in [0.2, 0.25) is 5.88 Å². The number of hydrogen-bond acceptors (Lipinski definition) is 7. The summed E-state index contributed by atoms with van der Waals surface area (Å²) in [5.74, 6) is -0.118. The van der Waals surface area contributed by atoms with Crippen molar-refractivity contribution >= 4 is 39.9 Å². The molecule has 1 fully saturated rings. The van der Waals surface area contributed by atoms with Crippen molar-refractivity contribution in [3.8, 4) is 11.9 Å². The topological polar surface area (TPSA) is 111 Å². The molecule has 1 aromatic carbocycles. The summed E-state index contributed by atoms with van der Waals surface area (Å²) in [5, 5.41) is 9.91. The zero-order chi connectivity index (χ0) is 22.3. The van der Waals surface area contributed by atoms with Gasteiger partial charge in [-0.15, -0.1) is 0 Å². The number of aromatic nitrogens is 1. The molecule has 0 atom stereocenters. The smallest absolute Gasteiger partial charge is 0.480 e. The van der Waals surface area contributed by atoms with Gasteiger partial charge in [-0.2, -0.15) is 5.26 Å². The number of halogens is 1. The van der Waals surface area contributed by atoms with Crippen LogP contribution in [0.15, 0.2) is 35.4 Å². The highest BCUT2D eigenvalue weighted by molar-refractivity contribution is 7.92. The Bertz CT molecular complexity index is 1120. The molecule has 0 saturated carbocycles. The summed E-state index contributed by atoms with van der Waals surface area (Å²) in [5.41, 5.74) is -0.632. The number of pyridine rings is 1. The SMILES string of the molecule is COc1ncc(Cl)cc1S(=O)(=O)Nc1cccc(B2OC(C)(C)C(C)(C)O2)c1C#N. The molecule has 0 aliphatic carbocycles. The first kappa shape index (κ1) is 22.4. The van der Waals surface area contributed by atoms with E-state index in [0.29, 0.717) is 5.46 Å². The van der Waals surface area contributed by atoms with Gasteiger partial charge < -0.3 is 14.0 Å². The van der Waals surface area contributed by atoms with E-state index in [0.717, 1.165) is 0 Å². The largest absolute Gasteiger partial charge is 0.496 e. The van der Waals surface area contributed by atoms with E-state index in [2.05, 4.69) is 9.71 Å². The van der Waals surface area contributed by atoms with E-state index >= 15 is 0 Å². The highest BCUT2D eigenvalue weighted by Gasteiger charge is 2.52. The van der Waals surface area contributed by atoms with E-state index < -0.39 is 28.3 Å². The summed E-state index contributed by atoms with van der Waals surface area (Å²) >= 11 is 5.91. The van der Waals surface area contributed by atoms with Gasteiger partial charge in [0.15, 0.2) is 4.90 Å². The van der Waals surface area contributed by atoms with E-state index in [9.17, 15) is 13.7 Å². The second-order valence-electron chi connectivity index (χ2n) is 7.74. The lowest BCUT2D eigenvalue weighted by Gasteiger charge is -2.32. The third kappa shape index (κ3) is 3.98. The van der Waals surface area contributed by atoms with Gasteiger partial charge in [0.25, 0.3) is 10.0 Å². The molecule has 0 bridgehead atoms. The van der Waals surface area contributed by atoms with Crippen LogP contribution < -0.4 is 14.9 Å². The summed E-state index contributed by atoms with van der Waals surface area (Å²) < 4.78 is 45.4. The number of rotatable bonds is 5. The monoisotopic (exact) mass is 449 g/mol. The second kappa shape index (κ2) is 7.74. The Balaban J connectivity index is 2.02. The van der Waals surface area contributed by atoms with Crippen LogP contribution in [0.2, 0.25) is 5.02 Å². The van der Waals surface area contributed by atoms with Gasteiger partial charge in [-0.25, -0.2) is 13.4 Å². The number of nitrogens with one attached hydrogen (secondary N) is 1. The predicted molar refractivity (Wildman–Crippen MR) is 113 cm³/mol. The molecule has 0 unspecified atom stereocenters. The molecular formula is C19H21BClN3O5S. The Morgan fingerprint density at radius 3 is 2.43 bits per heavy atom. The first-order valence-corrected chi connectivity index (χ1v) is 10.9. The Labute approximate surface area is 181 Å². The van der Waals surface area contributed by atoms with E-state index in [1.165, 1.54) is 25.4 Å². The molecule has 30 heavy (non-hydrogen) atoms. The highest BCUT2D eigenvalue weighted by Crippen LogP contribution is 2.37. The fraction of sp³-hybridized carbons (Fsp3) is 0.368. The first-order chi connectivity index (χ1) is 13.9. The van der Waals surface area contributed by atoms with Crippen LogP contribution in [-0.2, 0) is 19.3 Å². The third-order valence-electron chi connectivity index (χ3n) is 5.23. The molecule has 1 aromatic heterocycles. The van der Waals surface area contributed by atoms with Crippen molar-refractivity contribution in [2.75, 3.05) is 11.8 Å². The maximum Gasteiger partial charge on any atom is 0.496 e. The van der Waals surface area contributed by atoms with Gasteiger partial charge in [0.05, 0.1) is 34.6 Å². The predicted octanol–water partition coefficient (Wildman–Crippen LogP) is 2.72. The van der Waals surface area contributed by atoms with Crippen LogP contribution in [0.1, 0.15) is 33.3 Å². The molecule has 0 radical (unpaired) electrons. The highest BCUT2D eigenvalue weighted by atomic mass is 35.5. The average molecular weight is 450 g/mol. The van der Waals surface area contributed by atoms with E-state index in [1.807, 2.05) is 33.8 Å². The van der Waals surface area contributed by atoms with Gasteiger partial charge in [-0.3, -0.25) is 4.72 Å². The minimum Gasteiger partial charge on any atom is -0.480 e. The molecule has 11 heteroatoms. The van der Waals surface area contributed by atoms with Crippen LogP contribution >= 0.6 is 11.6 Å². The number of benzene rings is 1. The quantitative estimate of drug-likeness (QED) is 0.699. The zero-order valence-electron chi connectivity index (χ0n) is 17.2. The molecule has 0 amide bonds. The van der Waals surface area contributed by atoms with Gasteiger partial charge >= 0.3 is 7.12 Å². The number of methoxy groups -OCH3 is 1. The van der Waals surface area contributed by atoms with E-state index in [4.69, 9.17) is 25.6 Å². The fourth-order valence-electron chi connectivity index (χ4n) is 2.90. The summed E-state index contributed by atoms with van der Waals surface area (Å²) in [6, 6.07) is 8.04. The number of hydrogen-bond donors (Lipinski definition) is 1. The van der Waals surface area contributed by atoms with Crippen molar-refractivity contribution in [3.05, 3.63) is 41.0 Å². The standard InChI is InChI=1S/C19H21BClN3O5S/c1-18(2)19(3,4)29-20(28-18)14-7-6-8-15(13(14)10-22)24-30(25,26)16-9-12(21)11-23-17(16)27-5/h6-9,11,24H,1-5H3. The van der Waals surface area contributed by atoms with Crippen molar-refractivity contribution < 1.29 is 22.5 Å². The van der Waals surface area contributed by atoms with Gasteiger partial charge in [0, 0.05) is 11.7 Å². The van der Waals surface area contributed by atoms with Crippen LogP contribution in [0, 0.1) is 11.3 Å². The number of sulfonamides is 1. The van der Waals surface area contributed by atoms with Crippen LogP contribution in [0.3, 0.4) is 0 Å². The van der Waals surface area contributed by atoms with Crippen LogP contribution in [0.5, 0.6) is 5.88 Å². The molecular weight excluding hydrogens is 429 g/mol. The average Bonchev–Trinajstić information content (AvgIpc) is 2.88. The lowest BCUT2D eigenvalue weighted by atomic mass is 9.76. The van der Waals surface area contributed by atoms with E-state index in [1.54, 1.807) is 12.1 Å². The number of anilines is 1. The van der Waals surface area contributed by atoms with Crippen LogP contribution in [0.4, 0.5) is 5.69 Å². The van der Waals surface area contributed by atoms with Crippen molar-refractivity contribution in [1.82, 2.24) is 4.98 Å². The summed E-state index contributed by atoms with van der Waals surface area (Å²) in [7, 11) is -3.67. The minimum absolute atomic E-state index is 0.0757. The van der Waals surface area contributed by atoms with Crippen molar-refractivity contribution in [1.29, 1.82) is 5.26 Å². The summed E-state index contributed by atoms with van der Waals surface area (Å²) in [6.07, 6.45) is 1.28. The Morgan fingerprint density at radius 1 is 1.23 bits per heavy atom. The van der Waals surface area contributed by atoms with Crippen molar-refractivity contribution in [2.24, 2.45) is 0 Å². The van der Waals surface area contributed by atoms with Gasteiger partial charge in [-0.05, 0) is 39.8 Å². The molecule has 1 aliphatic heterocycles. The Kier molecular flexibility index (Phi) is 5.77. The molecule has 3 rings (SSSR count). The second-order valence-corrected chi connectivity index (χ2v) is 9.82. The lowest BCUT2D eigenvalue weighted by Crippen LogP contribution is -2.41. The molecule has 158 valence electrons. The molecule has 2 heterocycles. The Morgan fingerprint density at radius 2 is 1.87 bits per heavy atom. The molecule has 0 spiro atoms. The number of ether oxygens (including phenoxy) is 1. The van der Waals surface area contributed by atoms with E-state index in [-0.39, 0.29) is 27.0 Å². The van der Waals surface area contributed by atoms with Crippen LogP contribution in [0.25, 0.3) is 0 Å². The number of nitrogens with zero attached hydrogens (tertiary/aromatic N) is 2. The third-order valence-corrected chi connectivity index (χ3v) is 6.79. The molecule has 1 saturated heterocycles. The molecule has 2 aromatic rings. The van der Waals surface area contributed by atoms with Gasteiger partial charge in [-0.1, -0.05) is 23.7 Å². The normalized spacial score (nSPS) is 17.4. The van der Waals surface area contributed by atoms with Gasteiger partial charge in [0.1, 0.15) is 6.07 Å². The maximum atomic E-state index is 13.0. The summed E-state index contributed by atoms with van der Waals surface area (Å²) in [4.78, 5) is 3.63. The molecule has 1 N–H and O–H groups in total. The first-order valence-electron chi connectivity index (χ1n) is 9.03. The van der Waals surface area contributed by atoms with Crippen molar-refractivity contribution in [2.45, 2.75) is 43.8 Å². The minimum atomic E-state index is -4.15. The summed E-state index contributed by atoms with van der Waals surface area (Å²) in [6.45, 7) is 7.57. The maximum absolute atomic E-state index is 13.0. The molecule has 1 aliphatic rings. The Hall–Kier alpha value is -2.32. The van der Waals surface area contributed by atoms with Crippen molar-refractivity contribution in [3.63, 3.8) is 0 Å². The van der Waals surface area contributed by atoms with Crippen LogP contribution in [-0.4, -0.2) is 38.8 Å². The fourth-order valence-corrected chi connectivity index (χ4v) is 4.34. The molecule has 8 nitrogen and oxygen atoms in total. The zero-order valence-corrected chi connectivity index (χ0v) is 18.8. The number of nitriles is 1. The lowest BCUT2D eigenvalue weighted by molar-refractivity contribution is 0.00578.